The van der Waals surface area contributed by atoms with Gasteiger partial charge >= 0.3 is 0 Å². The van der Waals surface area contributed by atoms with Crippen LogP contribution in [0.25, 0.3) is 11.3 Å². The largest absolute Gasteiger partial charge is 0.441 e. The predicted molar refractivity (Wildman–Crippen MR) is 119 cm³/mol. The minimum absolute atomic E-state index is 0.162. The van der Waals surface area contributed by atoms with E-state index in [0.29, 0.717) is 30.7 Å². The van der Waals surface area contributed by atoms with Gasteiger partial charge in [0.1, 0.15) is 5.82 Å². The lowest BCUT2D eigenvalue weighted by molar-refractivity contribution is -0.132. The number of carbonyl (C=O) groups is 1. The van der Waals surface area contributed by atoms with E-state index in [-0.39, 0.29) is 5.91 Å². The normalized spacial score (nSPS) is 17.3. The van der Waals surface area contributed by atoms with Crippen LogP contribution in [0.3, 0.4) is 0 Å². The molecule has 2 fully saturated rings. The first-order valence-electron chi connectivity index (χ1n) is 11.0. The van der Waals surface area contributed by atoms with Gasteiger partial charge in [0.15, 0.2) is 16.4 Å². The summed E-state index contributed by atoms with van der Waals surface area (Å²) in [6.45, 7) is 3.57. The van der Waals surface area contributed by atoms with Crippen LogP contribution in [0.4, 0.5) is 0 Å². The summed E-state index contributed by atoms with van der Waals surface area (Å²) in [5.74, 6) is 2.95. The molecule has 2 aliphatic rings. The molecule has 7 nitrogen and oxygen atoms in total. The Kier molecular flexibility index (Phi) is 5.48. The number of hydrogen-bond acceptors (Lipinski definition) is 5. The second-order valence-corrected chi connectivity index (χ2v) is 9.01. The Morgan fingerprint density at radius 1 is 1.19 bits per heavy atom. The summed E-state index contributed by atoms with van der Waals surface area (Å²) in [5, 5.41) is 7.46. The van der Waals surface area contributed by atoms with Crippen molar-refractivity contribution in [2.45, 2.75) is 57.4 Å². The molecule has 0 bridgehead atoms. The van der Waals surface area contributed by atoms with Crippen LogP contribution in [0.1, 0.15) is 61.3 Å². The molecule has 1 aliphatic heterocycles. The van der Waals surface area contributed by atoms with E-state index in [1.807, 2.05) is 17.0 Å². The molecule has 1 amide bonds. The van der Waals surface area contributed by atoms with Gasteiger partial charge in [0.25, 0.3) is 0 Å². The van der Waals surface area contributed by atoms with Crippen molar-refractivity contribution < 1.29 is 9.21 Å². The van der Waals surface area contributed by atoms with Crippen LogP contribution in [0.2, 0.25) is 0 Å². The summed E-state index contributed by atoms with van der Waals surface area (Å²) in [7, 11) is 0. The van der Waals surface area contributed by atoms with E-state index in [1.165, 1.54) is 18.4 Å². The Morgan fingerprint density at radius 2 is 1.94 bits per heavy atom. The van der Waals surface area contributed by atoms with Gasteiger partial charge in [-0.15, -0.1) is 0 Å². The molecule has 5 rings (SSSR count). The van der Waals surface area contributed by atoms with Gasteiger partial charge in [0, 0.05) is 43.5 Å². The molecule has 162 valence electrons. The van der Waals surface area contributed by atoms with E-state index < -0.39 is 0 Å². The van der Waals surface area contributed by atoms with E-state index in [0.717, 1.165) is 47.9 Å². The second-order valence-electron chi connectivity index (χ2n) is 8.63. The number of piperidine rings is 1. The lowest BCUT2D eigenvalue weighted by atomic mass is 9.95. The second kappa shape index (κ2) is 8.42. The number of hydrogen-bond donors (Lipinski definition) is 1. The van der Waals surface area contributed by atoms with Gasteiger partial charge in [-0.2, -0.15) is 5.10 Å². The lowest BCUT2D eigenvalue weighted by Gasteiger charge is -2.31. The van der Waals surface area contributed by atoms with Gasteiger partial charge in [-0.1, -0.05) is 29.8 Å². The molecule has 1 aromatic carbocycles. The van der Waals surface area contributed by atoms with Gasteiger partial charge in [-0.25, -0.2) is 4.98 Å². The van der Waals surface area contributed by atoms with Crippen molar-refractivity contribution in [3.05, 3.63) is 52.5 Å². The van der Waals surface area contributed by atoms with Crippen molar-refractivity contribution in [1.29, 1.82) is 0 Å². The fourth-order valence-corrected chi connectivity index (χ4v) is 4.61. The van der Waals surface area contributed by atoms with Gasteiger partial charge in [-0.05, 0) is 44.8 Å². The maximum Gasteiger partial charge on any atom is 0.223 e. The van der Waals surface area contributed by atoms with Gasteiger partial charge in [0.05, 0.1) is 6.20 Å². The maximum absolute atomic E-state index is 12.7. The average molecular weight is 438 g/mol. The van der Waals surface area contributed by atoms with Crippen molar-refractivity contribution in [2.75, 3.05) is 13.1 Å². The first-order valence-corrected chi connectivity index (χ1v) is 11.5. The zero-order chi connectivity index (χ0) is 21.4. The monoisotopic (exact) mass is 437 g/mol. The lowest BCUT2D eigenvalue weighted by Crippen LogP contribution is -2.38. The number of aromatic amines is 1. The topological polar surface area (TPSA) is 80.0 Å². The minimum Gasteiger partial charge on any atom is -0.441 e. The molecule has 1 aliphatic carbocycles. The van der Waals surface area contributed by atoms with Crippen LogP contribution in [0.5, 0.6) is 0 Å². The summed E-state index contributed by atoms with van der Waals surface area (Å²) in [5.41, 5.74) is 2.21. The van der Waals surface area contributed by atoms with Gasteiger partial charge < -0.3 is 13.9 Å². The first-order chi connectivity index (χ1) is 15.1. The molecule has 8 heteroatoms. The number of oxazole rings is 1. The van der Waals surface area contributed by atoms with E-state index >= 15 is 0 Å². The SMILES string of the molecule is Cc1ccc(-c2cnc(CCC(=O)N3CCC(c4n[nH]c(=S)n4C4CC4)CC3)o2)cc1. The smallest absolute Gasteiger partial charge is 0.223 e. The van der Waals surface area contributed by atoms with Crippen LogP contribution < -0.4 is 0 Å². The number of amides is 1. The Morgan fingerprint density at radius 3 is 2.65 bits per heavy atom. The molecule has 3 aromatic rings. The molecule has 1 saturated heterocycles. The van der Waals surface area contributed by atoms with Crippen molar-refractivity contribution in [2.24, 2.45) is 0 Å². The molecule has 1 N–H and O–H groups in total. The average Bonchev–Trinajstić information content (AvgIpc) is 3.38. The highest BCUT2D eigenvalue weighted by Crippen LogP contribution is 2.39. The zero-order valence-corrected chi connectivity index (χ0v) is 18.5. The molecule has 31 heavy (non-hydrogen) atoms. The number of nitrogens with zero attached hydrogens (tertiary/aromatic N) is 4. The molecule has 3 heterocycles. The molecule has 0 atom stereocenters. The fourth-order valence-electron chi connectivity index (χ4n) is 4.33. The number of aromatic nitrogens is 4. The Labute approximate surface area is 186 Å². The molecule has 2 aromatic heterocycles. The third-order valence-corrected chi connectivity index (χ3v) is 6.59. The molecule has 0 spiro atoms. The van der Waals surface area contributed by atoms with Crippen LogP contribution in [0, 0.1) is 11.7 Å². The van der Waals surface area contributed by atoms with E-state index in [1.54, 1.807) is 6.20 Å². The summed E-state index contributed by atoms with van der Waals surface area (Å²) in [4.78, 5) is 19.0. The maximum atomic E-state index is 12.7. The quantitative estimate of drug-likeness (QED) is 0.571. The Balaban J connectivity index is 1.14. The van der Waals surface area contributed by atoms with Crippen LogP contribution in [-0.2, 0) is 11.2 Å². The van der Waals surface area contributed by atoms with Crippen LogP contribution in [-0.4, -0.2) is 43.6 Å². The highest BCUT2D eigenvalue weighted by molar-refractivity contribution is 7.71. The van der Waals surface area contributed by atoms with Gasteiger partial charge in [-0.3, -0.25) is 9.89 Å². The summed E-state index contributed by atoms with van der Waals surface area (Å²) < 4.78 is 8.79. The van der Waals surface area contributed by atoms with Crippen molar-refractivity contribution in [3.63, 3.8) is 0 Å². The van der Waals surface area contributed by atoms with Crippen molar-refractivity contribution in [1.82, 2.24) is 24.6 Å². The standard InChI is InChI=1S/C23H27N5O2S/c1-15-2-4-16(5-3-15)19-14-24-20(30-19)8-9-21(29)27-12-10-17(11-13-27)22-25-26-23(31)28(22)18-6-7-18/h2-5,14,17-18H,6-13H2,1H3,(H,26,31). The number of benzene rings is 1. The Hall–Kier alpha value is -2.74. The summed E-state index contributed by atoms with van der Waals surface area (Å²) in [6.07, 6.45) is 6.89. The van der Waals surface area contributed by atoms with E-state index in [4.69, 9.17) is 16.6 Å². The van der Waals surface area contributed by atoms with Crippen LogP contribution in [0.15, 0.2) is 34.9 Å². The summed E-state index contributed by atoms with van der Waals surface area (Å²) in [6, 6.07) is 8.67. The predicted octanol–water partition coefficient (Wildman–Crippen LogP) is 4.58. The number of nitrogens with one attached hydrogen (secondary N) is 1. The highest BCUT2D eigenvalue weighted by Gasteiger charge is 2.32. The van der Waals surface area contributed by atoms with Crippen molar-refractivity contribution >= 4 is 18.1 Å². The Bertz CT molecular complexity index is 1120. The van der Waals surface area contributed by atoms with Gasteiger partial charge in [0.2, 0.25) is 5.91 Å². The number of carbonyl (C=O) groups excluding carboxylic acids is 1. The zero-order valence-electron chi connectivity index (χ0n) is 17.7. The third kappa shape index (κ3) is 4.35. The van der Waals surface area contributed by atoms with E-state index in [9.17, 15) is 4.79 Å². The number of rotatable bonds is 6. The van der Waals surface area contributed by atoms with E-state index in [2.05, 4.69) is 38.8 Å². The molecule has 0 radical (unpaired) electrons. The number of likely N-dealkylation sites (tertiary alicyclic amines) is 1. The number of H-pyrrole nitrogens is 1. The molecular weight excluding hydrogens is 410 g/mol. The van der Waals surface area contributed by atoms with Crippen molar-refractivity contribution in [3.8, 4) is 11.3 Å². The molecule has 0 unspecified atom stereocenters. The van der Waals surface area contributed by atoms with Crippen LogP contribution >= 0.6 is 12.2 Å². The first kappa shape index (κ1) is 20.2. The highest BCUT2D eigenvalue weighted by atomic mass is 32.1. The minimum atomic E-state index is 0.162. The summed E-state index contributed by atoms with van der Waals surface area (Å²) >= 11 is 5.41. The third-order valence-electron chi connectivity index (χ3n) is 6.30. The molecular formula is C23H27N5O2S. The fraction of sp³-hybridized carbons (Fsp3) is 0.478. The molecule has 1 saturated carbocycles. The number of aryl methyl sites for hydroxylation is 2.